The van der Waals surface area contributed by atoms with Crippen LogP contribution in [0.5, 0.6) is 17.2 Å². The van der Waals surface area contributed by atoms with Crippen molar-refractivity contribution in [1.82, 2.24) is 10.2 Å². The Hall–Kier alpha value is -3.46. The summed E-state index contributed by atoms with van der Waals surface area (Å²) in [5, 5.41) is 2.45. The summed E-state index contributed by atoms with van der Waals surface area (Å²) >= 11 is 0.848. The Morgan fingerprint density at radius 3 is 2.21 bits per heavy atom. The number of hydrogen-bond acceptors (Lipinski definition) is 7. The Morgan fingerprint density at radius 1 is 1.03 bits per heavy atom. The van der Waals surface area contributed by atoms with Gasteiger partial charge in [0.15, 0.2) is 11.5 Å². The Kier molecular flexibility index (Phi) is 7.88. The molecule has 0 bridgehead atoms. The molecule has 2 aromatic carbocycles. The average molecular weight is 485 g/mol. The first-order valence-corrected chi connectivity index (χ1v) is 11.4. The molecule has 34 heavy (non-hydrogen) atoms. The zero-order valence-electron chi connectivity index (χ0n) is 19.8. The van der Waals surface area contributed by atoms with Gasteiger partial charge in [-0.05, 0) is 54.9 Å². The molecule has 3 amide bonds. The van der Waals surface area contributed by atoms with Gasteiger partial charge in [0.05, 0.1) is 31.6 Å². The number of nitrogens with zero attached hydrogens (tertiary/aromatic N) is 1. The number of imide groups is 1. The van der Waals surface area contributed by atoms with Gasteiger partial charge >= 0.3 is 0 Å². The predicted octanol–water partition coefficient (Wildman–Crippen LogP) is 3.84. The Labute approximate surface area is 203 Å². The van der Waals surface area contributed by atoms with Crippen molar-refractivity contribution in [2.45, 2.75) is 19.3 Å². The normalized spacial score (nSPS) is 15.0. The molecule has 1 saturated heterocycles. The Balaban J connectivity index is 1.68. The van der Waals surface area contributed by atoms with E-state index in [9.17, 15) is 14.4 Å². The van der Waals surface area contributed by atoms with Crippen LogP contribution in [0, 0.1) is 0 Å². The van der Waals surface area contributed by atoms with Crippen LogP contribution in [-0.2, 0) is 15.0 Å². The number of carbonyl (C=O) groups is 3. The lowest BCUT2D eigenvalue weighted by molar-refractivity contribution is -0.126. The third-order valence-corrected chi connectivity index (χ3v) is 6.45. The van der Waals surface area contributed by atoms with Crippen molar-refractivity contribution in [2.75, 3.05) is 34.4 Å². The van der Waals surface area contributed by atoms with Crippen molar-refractivity contribution in [3.63, 3.8) is 0 Å². The lowest BCUT2D eigenvalue weighted by Crippen LogP contribution is -2.44. The number of hydrogen-bond donors (Lipinski definition) is 1. The maximum Gasteiger partial charge on any atom is 0.293 e. The first kappa shape index (κ1) is 25.2. The fraction of sp³-hybridized carbons (Fsp3) is 0.320. The minimum absolute atomic E-state index is 0.0773. The largest absolute Gasteiger partial charge is 0.493 e. The SMILES string of the molecule is COc1cc(C=C2SC(=O)N(CCNC(=O)C(C)(C)c3ccccc3)C2=O)cc(OC)c1OC. The minimum atomic E-state index is -0.743. The number of benzene rings is 2. The summed E-state index contributed by atoms with van der Waals surface area (Å²) in [4.78, 5) is 39.5. The second-order valence-corrected chi connectivity index (χ2v) is 9.03. The number of amides is 3. The van der Waals surface area contributed by atoms with Crippen molar-refractivity contribution < 1.29 is 28.6 Å². The third kappa shape index (κ3) is 5.20. The Bertz CT molecular complexity index is 1090. The maximum absolute atomic E-state index is 12.9. The molecule has 0 unspecified atom stereocenters. The molecular formula is C25H28N2O6S. The predicted molar refractivity (Wildman–Crippen MR) is 131 cm³/mol. The summed E-state index contributed by atoms with van der Waals surface area (Å²) in [7, 11) is 4.51. The van der Waals surface area contributed by atoms with Crippen LogP contribution in [0.15, 0.2) is 47.4 Å². The van der Waals surface area contributed by atoms with Crippen LogP contribution in [0.3, 0.4) is 0 Å². The Morgan fingerprint density at radius 2 is 1.65 bits per heavy atom. The molecule has 0 spiro atoms. The molecule has 8 nitrogen and oxygen atoms in total. The standard InChI is InChI=1S/C25H28N2O6S/c1-25(2,17-9-7-6-8-10-17)23(29)26-11-12-27-22(28)20(34-24(27)30)15-16-13-18(31-3)21(33-5)19(14-16)32-4/h6-10,13-15H,11-12H2,1-5H3,(H,26,29). The molecule has 1 aliphatic heterocycles. The van der Waals surface area contributed by atoms with Crippen LogP contribution < -0.4 is 19.5 Å². The zero-order chi connectivity index (χ0) is 24.9. The molecule has 1 N–H and O–H groups in total. The van der Waals surface area contributed by atoms with Crippen molar-refractivity contribution in [2.24, 2.45) is 0 Å². The van der Waals surface area contributed by atoms with Gasteiger partial charge in [0.2, 0.25) is 11.7 Å². The first-order valence-electron chi connectivity index (χ1n) is 10.6. The van der Waals surface area contributed by atoms with Crippen molar-refractivity contribution in [3.8, 4) is 17.2 Å². The molecule has 1 fully saturated rings. The van der Waals surface area contributed by atoms with Gasteiger partial charge in [-0.15, -0.1) is 0 Å². The van der Waals surface area contributed by atoms with E-state index in [0.29, 0.717) is 22.8 Å². The topological polar surface area (TPSA) is 94.2 Å². The maximum atomic E-state index is 12.9. The van der Waals surface area contributed by atoms with Crippen molar-refractivity contribution in [3.05, 3.63) is 58.5 Å². The van der Waals surface area contributed by atoms with Gasteiger partial charge in [0.25, 0.3) is 11.1 Å². The molecule has 0 saturated carbocycles. The molecule has 180 valence electrons. The van der Waals surface area contributed by atoms with Crippen molar-refractivity contribution >= 4 is 34.9 Å². The van der Waals surface area contributed by atoms with E-state index >= 15 is 0 Å². The van der Waals surface area contributed by atoms with E-state index in [1.165, 1.54) is 21.3 Å². The number of methoxy groups -OCH3 is 3. The molecule has 0 radical (unpaired) electrons. The van der Waals surface area contributed by atoms with Crippen LogP contribution in [-0.4, -0.2) is 56.4 Å². The highest BCUT2D eigenvalue weighted by atomic mass is 32.2. The van der Waals surface area contributed by atoms with E-state index in [1.54, 1.807) is 18.2 Å². The number of carbonyl (C=O) groups excluding carboxylic acids is 3. The second kappa shape index (κ2) is 10.6. The third-order valence-electron chi connectivity index (χ3n) is 5.54. The molecule has 9 heteroatoms. The summed E-state index contributed by atoms with van der Waals surface area (Å²) in [5.41, 5.74) is 0.761. The van der Waals surface area contributed by atoms with Gasteiger partial charge in [0, 0.05) is 13.1 Å². The highest BCUT2D eigenvalue weighted by Crippen LogP contribution is 2.40. The highest BCUT2D eigenvalue weighted by molar-refractivity contribution is 8.18. The van der Waals surface area contributed by atoms with Crippen LogP contribution >= 0.6 is 11.8 Å². The van der Waals surface area contributed by atoms with Gasteiger partial charge < -0.3 is 19.5 Å². The number of ether oxygens (including phenoxy) is 3. The fourth-order valence-electron chi connectivity index (χ4n) is 3.52. The molecule has 1 aliphatic rings. The zero-order valence-corrected chi connectivity index (χ0v) is 20.7. The lowest BCUT2D eigenvalue weighted by Gasteiger charge is -2.24. The molecule has 0 aromatic heterocycles. The number of nitrogens with one attached hydrogen (secondary N) is 1. The molecular weight excluding hydrogens is 456 g/mol. The van der Waals surface area contributed by atoms with Gasteiger partial charge in [0.1, 0.15) is 0 Å². The van der Waals surface area contributed by atoms with Crippen LogP contribution in [0.2, 0.25) is 0 Å². The van der Waals surface area contributed by atoms with E-state index < -0.39 is 11.3 Å². The molecule has 0 atom stereocenters. The van der Waals surface area contributed by atoms with Crippen LogP contribution in [0.25, 0.3) is 6.08 Å². The van der Waals surface area contributed by atoms with E-state index in [1.807, 2.05) is 44.2 Å². The summed E-state index contributed by atoms with van der Waals surface area (Å²) in [5.74, 6) is 0.718. The molecule has 3 rings (SSSR count). The van der Waals surface area contributed by atoms with E-state index in [0.717, 1.165) is 22.2 Å². The van der Waals surface area contributed by atoms with Gasteiger partial charge in [-0.25, -0.2) is 0 Å². The van der Waals surface area contributed by atoms with Crippen LogP contribution in [0.4, 0.5) is 4.79 Å². The monoisotopic (exact) mass is 484 g/mol. The minimum Gasteiger partial charge on any atom is -0.493 e. The van der Waals surface area contributed by atoms with Gasteiger partial charge in [-0.2, -0.15) is 0 Å². The summed E-state index contributed by atoms with van der Waals surface area (Å²) in [6.07, 6.45) is 1.60. The fourth-order valence-corrected chi connectivity index (χ4v) is 4.38. The van der Waals surface area contributed by atoms with E-state index in [2.05, 4.69) is 5.32 Å². The smallest absolute Gasteiger partial charge is 0.293 e. The summed E-state index contributed by atoms with van der Waals surface area (Å²) in [6.45, 7) is 3.90. The quantitative estimate of drug-likeness (QED) is 0.541. The number of rotatable bonds is 9. The second-order valence-electron chi connectivity index (χ2n) is 8.04. The van der Waals surface area contributed by atoms with Crippen LogP contribution in [0.1, 0.15) is 25.0 Å². The van der Waals surface area contributed by atoms with Crippen molar-refractivity contribution in [1.29, 1.82) is 0 Å². The molecule has 1 heterocycles. The molecule has 0 aliphatic carbocycles. The lowest BCUT2D eigenvalue weighted by atomic mass is 9.84. The average Bonchev–Trinajstić information content (AvgIpc) is 3.10. The summed E-state index contributed by atoms with van der Waals surface area (Å²) in [6, 6.07) is 12.8. The van der Waals surface area contributed by atoms with E-state index in [4.69, 9.17) is 14.2 Å². The van der Waals surface area contributed by atoms with Gasteiger partial charge in [-0.3, -0.25) is 19.3 Å². The van der Waals surface area contributed by atoms with E-state index in [-0.39, 0.29) is 29.1 Å². The number of thioether (sulfide) groups is 1. The summed E-state index contributed by atoms with van der Waals surface area (Å²) < 4.78 is 16.0. The first-order chi connectivity index (χ1) is 16.2. The highest BCUT2D eigenvalue weighted by Gasteiger charge is 2.35. The molecule has 2 aromatic rings. The van der Waals surface area contributed by atoms with Gasteiger partial charge in [-0.1, -0.05) is 30.3 Å².